The average molecular weight is 466 g/mol. The molecule has 0 saturated heterocycles. The van der Waals surface area contributed by atoms with Crippen LogP contribution in [0.2, 0.25) is 5.02 Å². The fraction of sp³-hybridized carbons (Fsp3) is 0.125. The summed E-state index contributed by atoms with van der Waals surface area (Å²) in [5, 5.41) is 11.3. The minimum atomic E-state index is -0.448. The molecule has 0 radical (unpaired) electrons. The van der Waals surface area contributed by atoms with Crippen LogP contribution in [-0.4, -0.2) is 21.4 Å². The number of para-hydroxylation sites is 2. The van der Waals surface area contributed by atoms with Gasteiger partial charge in [0.05, 0.1) is 10.3 Å². The molecule has 4 rings (SSSR count). The van der Waals surface area contributed by atoms with Crippen LogP contribution in [0.5, 0.6) is 5.75 Å². The van der Waals surface area contributed by atoms with Crippen LogP contribution in [0.25, 0.3) is 11.1 Å². The minimum Gasteiger partial charge on any atom is -0.482 e. The molecule has 3 aromatic carbocycles. The molecule has 1 aromatic heterocycles. The Kier molecular flexibility index (Phi) is 7.09. The minimum absolute atomic E-state index is 0.0856. The summed E-state index contributed by atoms with van der Waals surface area (Å²) in [5.74, 6) is 0.672. The van der Waals surface area contributed by atoms with Crippen LogP contribution in [0.1, 0.15) is 12.8 Å². The van der Waals surface area contributed by atoms with Crippen molar-refractivity contribution in [1.82, 2.24) is 10.2 Å². The second-order valence-electron chi connectivity index (χ2n) is 6.84. The highest BCUT2D eigenvalue weighted by Gasteiger charge is 2.20. The van der Waals surface area contributed by atoms with Gasteiger partial charge in [-0.2, -0.15) is 0 Å². The molecule has 1 amide bonds. The van der Waals surface area contributed by atoms with Gasteiger partial charge in [0, 0.05) is 11.3 Å². The third-order valence-electron chi connectivity index (χ3n) is 4.55. The highest BCUT2D eigenvalue weighted by molar-refractivity contribution is 8.00. The summed E-state index contributed by atoms with van der Waals surface area (Å²) in [4.78, 5) is 12.8. The van der Waals surface area contributed by atoms with Gasteiger partial charge in [0.2, 0.25) is 5.91 Å². The molecule has 32 heavy (non-hydrogen) atoms. The molecule has 8 heteroatoms. The molecule has 4 aromatic rings. The lowest BCUT2D eigenvalue weighted by atomic mass is 10.0. The third-order valence-corrected chi connectivity index (χ3v) is 5.80. The molecular formula is C24H20ClN3O3S. The Morgan fingerprint density at radius 2 is 1.75 bits per heavy atom. The molecule has 6 nitrogen and oxygen atoms in total. The van der Waals surface area contributed by atoms with E-state index in [1.165, 1.54) is 11.8 Å². The van der Waals surface area contributed by atoms with Gasteiger partial charge in [-0.05, 0) is 30.7 Å². The van der Waals surface area contributed by atoms with Gasteiger partial charge in [-0.3, -0.25) is 4.79 Å². The van der Waals surface area contributed by atoms with Gasteiger partial charge in [0.25, 0.3) is 11.1 Å². The maximum absolute atomic E-state index is 12.8. The van der Waals surface area contributed by atoms with Crippen molar-refractivity contribution in [1.29, 1.82) is 0 Å². The summed E-state index contributed by atoms with van der Waals surface area (Å²) >= 11 is 7.26. The topological polar surface area (TPSA) is 77.2 Å². The summed E-state index contributed by atoms with van der Waals surface area (Å²) < 4.78 is 11.2. The fourth-order valence-corrected chi connectivity index (χ4v) is 3.84. The summed E-state index contributed by atoms with van der Waals surface area (Å²) in [6, 6.07) is 24.8. The quantitative estimate of drug-likeness (QED) is 0.317. The number of benzene rings is 3. The second-order valence-corrected chi connectivity index (χ2v) is 8.54. The predicted octanol–water partition coefficient (Wildman–Crippen LogP) is 6.09. The number of halogens is 1. The van der Waals surface area contributed by atoms with Crippen molar-refractivity contribution >= 4 is 35.0 Å². The first-order valence-corrected chi connectivity index (χ1v) is 11.2. The van der Waals surface area contributed by atoms with E-state index in [2.05, 4.69) is 15.5 Å². The number of rotatable bonds is 8. The summed E-state index contributed by atoms with van der Waals surface area (Å²) in [6.07, 6.45) is 0. The van der Waals surface area contributed by atoms with E-state index in [-0.39, 0.29) is 12.5 Å². The lowest BCUT2D eigenvalue weighted by molar-refractivity contribution is -0.115. The van der Waals surface area contributed by atoms with Crippen LogP contribution in [0, 0.1) is 0 Å². The van der Waals surface area contributed by atoms with E-state index in [1.54, 1.807) is 19.1 Å². The van der Waals surface area contributed by atoms with E-state index < -0.39 is 5.25 Å². The molecule has 0 spiro atoms. The van der Waals surface area contributed by atoms with Gasteiger partial charge < -0.3 is 14.5 Å². The first-order chi connectivity index (χ1) is 15.6. The Morgan fingerprint density at radius 3 is 2.56 bits per heavy atom. The Balaban J connectivity index is 1.36. The zero-order valence-corrected chi connectivity index (χ0v) is 18.8. The highest BCUT2D eigenvalue weighted by atomic mass is 35.5. The zero-order chi connectivity index (χ0) is 22.3. The maximum atomic E-state index is 12.8. The zero-order valence-electron chi connectivity index (χ0n) is 17.2. The normalized spacial score (nSPS) is 11.7. The molecule has 0 aliphatic rings. The lowest BCUT2D eigenvalue weighted by Gasteiger charge is -2.14. The molecule has 1 heterocycles. The van der Waals surface area contributed by atoms with Crippen LogP contribution in [-0.2, 0) is 11.4 Å². The van der Waals surface area contributed by atoms with Crippen molar-refractivity contribution in [3.8, 4) is 16.9 Å². The van der Waals surface area contributed by atoms with E-state index in [1.807, 2.05) is 66.7 Å². The van der Waals surface area contributed by atoms with Gasteiger partial charge >= 0.3 is 0 Å². The van der Waals surface area contributed by atoms with E-state index in [0.29, 0.717) is 21.9 Å². The number of anilines is 1. The van der Waals surface area contributed by atoms with Crippen molar-refractivity contribution in [3.63, 3.8) is 0 Å². The van der Waals surface area contributed by atoms with Crippen LogP contribution in [0.15, 0.2) is 88.5 Å². The van der Waals surface area contributed by atoms with Crippen molar-refractivity contribution in [2.75, 3.05) is 5.32 Å². The van der Waals surface area contributed by atoms with Crippen molar-refractivity contribution in [2.24, 2.45) is 0 Å². The predicted molar refractivity (Wildman–Crippen MR) is 126 cm³/mol. The Hall–Kier alpha value is -3.29. The number of hydrogen-bond donors (Lipinski definition) is 1. The van der Waals surface area contributed by atoms with Crippen molar-refractivity contribution in [3.05, 3.63) is 89.8 Å². The van der Waals surface area contributed by atoms with Crippen LogP contribution in [0.3, 0.4) is 0 Å². The number of hydrogen-bond acceptors (Lipinski definition) is 6. The SMILES string of the molecule is C[C@@H](Sc1nnc(COc2ccccc2Cl)o1)C(=O)Nc1ccccc1-c1ccccc1. The largest absolute Gasteiger partial charge is 0.482 e. The van der Waals surface area contributed by atoms with E-state index in [0.717, 1.165) is 16.8 Å². The highest BCUT2D eigenvalue weighted by Crippen LogP contribution is 2.29. The molecular weight excluding hydrogens is 446 g/mol. The van der Waals surface area contributed by atoms with Gasteiger partial charge in [-0.1, -0.05) is 84.0 Å². The maximum Gasteiger partial charge on any atom is 0.277 e. The number of nitrogens with one attached hydrogen (secondary N) is 1. The van der Waals surface area contributed by atoms with E-state index in [4.69, 9.17) is 20.8 Å². The Labute approximate surface area is 195 Å². The van der Waals surface area contributed by atoms with E-state index in [9.17, 15) is 4.79 Å². The first kappa shape index (κ1) is 21.9. The van der Waals surface area contributed by atoms with Crippen LogP contribution < -0.4 is 10.1 Å². The molecule has 0 fully saturated rings. The van der Waals surface area contributed by atoms with Gasteiger partial charge in [0.1, 0.15) is 5.75 Å². The Bertz CT molecular complexity index is 1200. The van der Waals surface area contributed by atoms with Gasteiger partial charge in [0.15, 0.2) is 6.61 Å². The smallest absolute Gasteiger partial charge is 0.277 e. The average Bonchev–Trinajstić information content (AvgIpc) is 3.26. The standard InChI is InChI=1S/C24H20ClN3O3S/c1-16(23(29)26-20-13-7-5-11-18(20)17-9-3-2-4-10-17)32-24-28-27-22(31-24)15-30-21-14-8-6-12-19(21)25/h2-14,16H,15H2,1H3,(H,26,29)/t16-/m1/s1. The molecule has 162 valence electrons. The molecule has 1 N–H and O–H groups in total. The fourth-order valence-electron chi connectivity index (χ4n) is 2.95. The number of ether oxygens (including phenoxy) is 1. The monoisotopic (exact) mass is 465 g/mol. The molecule has 0 unspecified atom stereocenters. The molecule has 1 atom stereocenters. The summed E-state index contributed by atoms with van der Waals surface area (Å²) in [7, 11) is 0. The van der Waals surface area contributed by atoms with Crippen molar-refractivity contribution < 1.29 is 13.9 Å². The first-order valence-electron chi connectivity index (χ1n) is 9.92. The number of thioether (sulfide) groups is 1. The lowest BCUT2D eigenvalue weighted by Crippen LogP contribution is -2.22. The summed E-state index contributed by atoms with van der Waals surface area (Å²) in [6.45, 7) is 1.87. The number of aromatic nitrogens is 2. The second kappa shape index (κ2) is 10.3. The third kappa shape index (κ3) is 5.49. The molecule has 0 saturated carbocycles. The molecule has 0 aliphatic carbocycles. The number of amides is 1. The van der Waals surface area contributed by atoms with E-state index >= 15 is 0 Å². The summed E-state index contributed by atoms with van der Waals surface area (Å²) in [5.41, 5.74) is 2.73. The van der Waals surface area contributed by atoms with Gasteiger partial charge in [-0.25, -0.2) is 0 Å². The number of carbonyl (C=O) groups excluding carboxylic acids is 1. The van der Waals surface area contributed by atoms with Crippen LogP contribution >= 0.6 is 23.4 Å². The molecule has 0 bridgehead atoms. The van der Waals surface area contributed by atoms with Gasteiger partial charge in [-0.15, -0.1) is 10.2 Å². The number of carbonyl (C=O) groups is 1. The van der Waals surface area contributed by atoms with Crippen molar-refractivity contribution in [2.45, 2.75) is 24.0 Å². The van der Waals surface area contributed by atoms with Crippen LogP contribution in [0.4, 0.5) is 5.69 Å². The Morgan fingerprint density at radius 1 is 1.03 bits per heavy atom. The molecule has 0 aliphatic heterocycles. The number of nitrogens with zero attached hydrogens (tertiary/aromatic N) is 2.